The second-order valence-electron chi connectivity index (χ2n) is 5.72. The molecule has 2 nitrogen and oxygen atoms in total. The van der Waals surface area contributed by atoms with Gasteiger partial charge in [0.2, 0.25) is 0 Å². The van der Waals surface area contributed by atoms with Gasteiger partial charge in [0, 0.05) is 18.7 Å². The number of halogens is 1. The van der Waals surface area contributed by atoms with Gasteiger partial charge in [0.15, 0.2) is 5.78 Å². The SMILES string of the molecule is CC(=O)c1cccc(F)c1N(C)C1CCC(C)CC1. The molecule has 0 radical (unpaired) electrons. The number of hydrogen-bond donors (Lipinski definition) is 0. The van der Waals surface area contributed by atoms with Crippen LogP contribution in [0.2, 0.25) is 0 Å². The van der Waals surface area contributed by atoms with Crippen LogP contribution in [0.3, 0.4) is 0 Å². The molecule has 1 saturated carbocycles. The molecule has 1 aromatic rings. The quantitative estimate of drug-likeness (QED) is 0.767. The van der Waals surface area contributed by atoms with E-state index in [-0.39, 0.29) is 11.6 Å². The fraction of sp³-hybridized carbons (Fsp3) is 0.562. The van der Waals surface area contributed by atoms with E-state index in [9.17, 15) is 9.18 Å². The monoisotopic (exact) mass is 263 g/mol. The highest BCUT2D eigenvalue weighted by Crippen LogP contribution is 2.32. The van der Waals surface area contributed by atoms with Gasteiger partial charge in [-0.1, -0.05) is 13.0 Å². The molecule has 0 N–H and O–H groups in total. The van der Waals surface area contributed by atoms with Gasteiger partial charge in [0.05, 0.1) is 5.69 Å². The molecule has 0 bridgehead atoms. The molecule has 0 aliphatic heterocycles. The summed E-state index contributed by atoms with van der Waals surface area (Å²) in [5.74, 6) is 0.386. The number of anilines is 1. The molecule has 0 spiro atoms. The van der Waals surface area contributed by atoms with E-state index >= 15 is 0 Å². The highest BCUT2D eigenvalue weighted by molar-refractivity contribution is 5.99. The first-order chi connectivity index (χ1) is 9.00. The summed E-state index contributed by atoms with van der Waals surface area (Å²) in [6.45, 7) is 3.76. The lowest BCUT2D eigenvalue weighted by molar-refractivity contribution is 0.101. The Balaban J connectivity index is 2.28. The third-order valence-electron chi connectivity index (χ3n) is 4.25. The molecule has 1 aromatic carbocycles. The van der Waals surface area contributed by atoms with Crippen LogP contribution >= 0.6 is 0 Å². The lowest BCUT2D eigenvalue weighted by Crippen LogP contribution is -2.36. The molecule has 19 heavy (non-hydrogen) atoms. The first-order valence-corrected chi connectivity index (χ1v) is 7.03. The average Bonchev–Trinajstić information content (AvgIpc) is 2.38. The van der Waals surface area contributed by atoms with Crippen molar-refractivity contribution >= 4 is 11.5 Å². The second-order valence-corrected chi connectivity index (χ2v) is 5.72. The second kappa shape index (κ2) is 5.72. The lowest BCUT2D eigenvalue weighted by atomic mass is 9.86. The van der Waals surface area contributed by atoms with Crippen molar-refractivity contribution < 1.29 is 9.18 Å². The number of para-hydroxylation sites is 1. The maximum absolute atomic E-state index is 14.1. The van der Waals surface area contributed by atoms with Crippen LogP contribution in [0.4, 0.5) is 10.1 Å². The van der Waals surface area contributed by atoms with E-state index in [1.807, 2.05) is 11.9 Å². The van der Waals surface area contributed by atoms with Gasteiger partial charge in [-0.3, -0.25) is 4.79 Å². The molecule has 0 saturated heterocycles. The minimum atomic E-state index is -0.297. The van der Waals surface area contributed by atoms with Crippen LogP contribution in [0.15, 0.2) is 18.2 Å². The van der Waals surface area contributed by atoms with E-state index in [2.05, 4.69) is 6.92 Å². The molecule has 0 atom stereocenters. The average molecular weight is 263 g/mol. The van der Waals surface area contributed by atoms with E-state index in [0.29, 0.717) is 17.3 Å². The molecule has 2 rings (SSSR count). The number of carbonyl (C=O) groups excluding carboxylic acids is 1. The largest absolute Gasteiger partial charge is 0.369 e. The summed E-state index contributed by atoms with van der Waals surface area (Å²) in [5, 5.41) is 0. The zero-order chi connectivity index (χ0) is 14.0. The first-order valence-electron chi connectivity index (χ1n) is 7.03. The number of Topliss-reactive ketones (excluding diaryl/α,β-unsaturated/α-hetero) is 1. The number of benzene rings is 1. The van der Waals surface area contributed by atoms with Crippen molar-refractivity contribution in [3.63, 3.8) is 0 Å². The van der Waals surface area contributed by atoms with Crippen LogP contribution in [-0.2, 0) is 0 Å². The van der Waals surface area contributed by atoms with Gasteiger partial charge in [-0.05, 0) is 50.7 Å². The summed E-state index contributed by atoms with van der Waals surface area (Å²) >= 11 is 0. The molecular weight excluding hydrogens is 241 g/mol. The predicted molar refractivity (Wildman–Crippen MR) is 76.2 cm³/mol. The Kier molecular flexibility index (Phi) is 4.23. The maximum Gasteiger partial charge on any atom is 0.161 e. The number of ketones is 1. The van der Waals surface area contributed by atoms with Crippen molar-refractivity contribution in [2.24, 2.45) is 5.92 Å². The summed E-state index contributed by atoms with van der Waals surface area (Å²) < 4.78 is 14.1. The van der Waals surface area contributed by atoms with Crippen molar-refractivity contribution in [1.29, 1.82) is 0 Å². The molecule has 0 heterocycles. The summed E-state index contributed by atoms with van der Waals surface area (Å²) in [4.78, 5) is 13.6. The van der Waals surface area contributed by atoms with Crippen LogP contribution in [0.5, 0.6) is 0 Å². The van der Waals surface area contributed by atoms with Crippen LogP contribution in [0, 0.1) is 11.7 Å². The number of hydrogen-bond acceptors (Lipinski definition) is 2. The molecule has 1 aliphatic rings. The minimum absolute atomic E-state index is 0.0782. The van der Waals surface area contributed by atoms with Gasteiger partial charge >= 0.3 is 0 Å². The molecular formula is C16H22FNO. The third-order valence-corrected chi connectivity index (χ3v) is 4.25. The Morgan fingerprint density at radius 3 is 2.47 bits per heavy atom. The molecule has 3 heteroatoms. The van der Waals surface area contributed by atoms with Gasteiger partial charge in [-0.15, -0.1) is 0 Å². The van der Waals surface area contributed by atoms with Gasteiger partial charge in [0.25, 0.3) is 0 Å². The standard InChI is InChI=1S/C16H22FNO/c1-11-7-9-13(10-8-11)18(3)16-14(12(2)19)5-4-6-15(16)17/h4-6,11,13H,7-10H2,1-3H3. The fourth-order valence-electron chi connectivity index (χ4n) is 2.97. The van der Waals surface area contributed by atoms with Crippen LogP contribution in [0.1, 0.15) is 49.9 Å². The normalized spacial score (nSPS) is 23.2. The van der Waals surface area contributed by atoms with E-state index < -0.39 is 0 Å². The molecule has 0 aromatic heterocycles. The number of nitrogens with zero attached hydrogens (tertiary/aromatic N) is 1. The highest BCUT2D eigenvalue weighted by atomic mass is 19.1. The van der Waals surface area contributed by atoms with Gasteiger partial charge < -0.3 is 4.90 Å². The van der Waals surface area contributed by atoms with Crippen LogP contribution in [-0.4, -0.2) is 18.9 Å². The molecule has 0 unspecified atom stereocenters. The van der Waals surface area contributed by atoms with Crippen LogP contribution < -0.4 is 4.90 Å². The van der Waals surface area contributed by atoms with Crippen molar-refractivity contribution in [1.82, 2.24) is 0 Å². The van der Waals surface area contributed by atoms with E-state index in [1.54, 1.807) is 12.1 Å². The Bertz CT molecular complexity index is 464. The van der Waals surface area contributed by atoms with Gasteiger partial charge in [0.1, 0.15) is 5.82 Å². The van der Waals surface area contributed by atoms with Gasteiger partial charge in [-0.2, -0.15) is 0 Å². The lowest BCUT2D eigenvalue weighted by Gasteiger charge is -2.36. The molecule has 0 amide bonds. The zero-order valence-corrected chi connectivity index (χ0v) is 11.9. The highest BCUT2D eigenvalue weighted by Gasteiger charge is 2.25. The number of carbonyl (C=O) groups is 1. The number of rotatable bonds is 3. The zero-order valence-electron chi connectivity index (χ0n) is 11.9. The van der Waals surface area contributed by atoms with Crippen LogP contribution in [0.25, 0.3) is 0 Å². The minimum Gasteiger partial charge on any atom is -0.369 e. The van der Waals surface area contributed by atoms with E-state index in [1.165, 1.54) is 25.8 Å². The topological polar surface area (TPSA) is 20.3 Å². The van der Waals surface area contributed by atoms with Crippen molar-refractivity contribution in [3.05, 3.63) is 29.6 Å². The smallest absolute Gasteiger partial charge is 0.161 e. The van der Waals surface area contributed by atoms with Gasteiger partial charge in [-0.25, -0.2) is 4.39 Å². The summed E-state index contributed by atoms with van der Waals surface area (Å²) in [6, 6.07) is 5.09. The Morgan fingerprint density at radius 2 is 1.89 bits per heavy atom. The maximum atomic E-state index is 14.1. The Labute approximate surface area is 114 Å². The predicted octanol–water partition coefficient (Wildman–Crippen LogP) is 4.04. The van der Waals surface area contributed by atoms with Crippen molar-refractivity contribution in [3.8, 4) is 0 Å². The van der Waals surface area contributed by atoms with E-state index in [0.717, 1.165) is 18.8 Å². The molecule has 1 fully saturated rings. The molecule has 104 valence electrons. The van der Waals surface area contributed by atoms with E-state index in [4.69, 9.17) is 0 Å². The summed E-state index contributed by atoms with van der Waals surface area (Å²) in [5.41, 5.74) is 0.954. The van der Waals surface area contributed by atoms with Crippen molar-refractivity contribution in [2.75, 3.05) is 11.9 Å². The third kappa shape index (κ3) is 2.96. The summed E-state index contributed by atoms with van der Waals surface area (Å²) in [7, 11) is 1.91. The first kappa shape index (κ1) is 14.0. The Hall–Kier alpha value is -1.38. The molecule has 1 aliphatic carbocycles. The Morgan fingerprint density at radius 1 is 1.26 bits per heavy atom. The van der Waals surface area contributed by atoms with Crippen molar-refractivity contribution in [2.45, 2.75) is 45.6 Å². The fourth-order valence-corrected chi connectivity index (χ4v) is 2.97. The summed E-state index contributed by atoms with van der Waals surface area (Å²) in [6.07, 6.45) is 4.50.